The van der Waals surface area contributed by atoms with Crippen molar-refractivity contribution in [2.24, 2.45) is 0 Å². The SMILES string of the molecule is CC1CCCC(C)N1Nc1ccc([N+](=O)[O-])c(C(=O)O)c1. The van der Waals surface area contributed by atoms with Gasteiger partial charge in [-0.05, 0) is 38.8 Å². The minimum atomic E-state index is -1.30. The van der Waals surface area contributed by atoms with Crippen LogP contribution in [0.4, 0.5) is 11.4 Å². The molecule has 1 aromatic carbocycles. The van der Waals surface area contributed by atoms with Gasteiger partial charge in [0.2, 0.25) is 0 Å². The monoisotopic (exact) mass is 293 g/mol. The van der Waals surface area contributed by atoms with Crippen molar-refractivity contribution in [2.45, 2.75) is 45.2 Å². The van der Waals surface area contributed by atoms with Gasteiger partial charge in [-0.1, -0.05) is 6.42 Å². The second-order valence-corrected chi connectivity index (χ2v) is 5.44. The van der Waals surface area contributed by atoms with Crippen LogP contribution in [0.3, 0.4) is 0 Å². The summed E-state index contributed by atoms with van der Waals surface area (Å²) >= 11 is 0. The molecule has 0 aromatic heterocycles. The number of hydrogen-bond acceptors (Lipinski definition) is 5. The molecule has 1 aliphatic rings. The van der Waals surface area contributed by atoms with Crippen molar-refractivity contribution < 1.29 is 14.8 Å². The highest BCUT2D eigenvalue weighted by Crippen LogP contribution is 2.26. The summed E-state index contributed by atoms with van der Waals surface area (Å²) in [6.07, 6.45) is 3.30. The zero-order valence-electron chi connectivity index (χ0n) is 12.1. The van der Waals surface area contributed by atoms with Gasteiger partial charge in [0.1, 0.15) is 5.56 Å². The number of nitrogens with one attached hydrogen (secondary N) is 1. The third-order valence-corrected chi connectivity index (χ3v) is 3.88. The molecule has 1 heterocycles. The standard InChI is InChI=1S/C14H19N3O4/c1-9-4-3-5-10(2)16(9)15-11-6-7-13(17(20)21)12(8-11)14(18)19/h6-10,15H,3-5H2,1-2H3,(H,18,19). The number of hydrogen-bond donors (Lipinski definition) is 2. The Bertz CT molecular complexity index is 551. The molecular weight excluding hydrogens is 274 g/mol. The number of carboxylic acids is 1. The molecule has 2 atom stereocenters. The minimum absolute atomic E-state index is 0.303. The van der Waals surface area contributed by atoms with Crippen LogP contribution in [0.25, 0.3) is 0 Å². The third-order valence-electron chi connectivity index (χ3n) is 3.88. The molecule has 0 radical (unpaired) electrons. The zero-order chi connectivity index (χ0) is 15.6. The van der Waals surface area contributed by atoms with E-state index in [0.29, 0.717) is 17.8 Å². The van der Waals surface area contributed by atoms with Gasteiger partial charge in [0.25, 0.3) is 5.69 Å². The molecule has 2 unspecified atom stereocenters. The lowest BCUT2D eigenvalue weighted by Gasteiger charge is -2.39. The first-order valence-electron chi connectivity index (χ1n) is 6.97. The second-order valence-electron chi connectivity index (χ2n) is 5.44. The molecule has 7 nitrogen and oxygen atoms in total. The third kappa shape index (κ3) is 3.30. The molecule has 0 saturated carbocycles. The van der Waals surface area contributed by atoms with Gasteiger partial charge < -0.3 is 10.5 Å². The molecular formula is C14H19N3O4. The van der Waals surface area contributed by atoms with Crippen LogP contribution in [0.2, 0.25) is 0 Å². The fourth-order valence-corrected chi connectivity index (χ4v) is 2.73. The average molecular weight is 293 g/mol. The van der Waals surface area contributed by atoms with Crippen LogP contribution in [0.5, 0.6) is 0 Å². The molecule has 0 bridgehead atoms. The van der Waals surface area contributed by atoms with Gasteiger partial charge in [0.05, 0.1) is 10.6 Å². The maximum atomic E-state index is 11.2. The Balaban J connectivity index is 2.26. The van der Waals surface area contributed by atoms with Gasteiger partial charge in [-0.25, -0.2) is 9.80 Å². The second kappa shape index (κ2) is 6.09. The van der Waals surface area contributed by atoms with Crippen molar-refractivity contribution in [3.63, 3.8) is 0 Å². The number of nitrogens with zero attached hydrogens (tertiary/aromatic N) is 2. The van der Waals surface area contributed by atoms with E-state index < -0.39 is 16.6 Å². The number of benzene rings is 1. The lowest BCUT2D eigenvalue weighted by atomic mass is 10.00. The Morgan fingerprint density at radius 2 is 2.00 bits per heavy atom. The Labute approximate surface area is 122 Å². The molecule has 1 aromatic rings. The van der Waals surface area contributed by atoms with Gasteiger partial charge in [0.15, 0.2) is 0 Å². The summed E-state index contributed by atoms with van der Waals surface area (Å²) < 4.78 is 0. The highest BCUT2D eigenvalue weighted by Gasteiger charge is 2.26. The minimum Gasteiger partial charge on any atom is -0.477 e. The largest absolute Gasteiger partial charge is 0.477 e. The summed E-state index contributed by atoms with van der Waals surface area (Å²) in [7, 11) is 0. The van der Waals surface area contributed by atoms with Crippen LogP contribution in [-0.4, -0.2) is 33.1 Å². The van der Waals surface area contributed by atoms with Crippen molar-refractivity contribution in [1.29, 1.82) is 0 Å². The van der Waals surface area contributed by atoms with E-state index in [2.05, 4.69) is 24.3 Å². The lowest BCUT2D eigenvalue weighted by Crippen LogP contribution is -2.47. The van der Waals surface area contributed by atoms with Gasteiger partial charge in [-0.15, -0.1) is 0 Å². The van der Waals surface area contributed by atoms with Gasteiger partial charge >= 0.3 is 5.97 Å². The number of hydrazine groups is 1. The highest BCUT2D eigenvalue weighted by atomic mass is 16.6. The van der Waals surface area contributed by atoms with E-state index in [0.717, 1.165) is 12.8 Å². The van der Waals surface area contributed by atoms with E-state index >= 15 is 0 Å². The Kier molecular flexibility index (Phi) is 4.42. The quantitative estimate of drug-likeness (QED) is 0.654. The molecule has 21 heavy (non-hydrogen) atoms. The molecule has 2 rings (SSSR count). The van der Waals surface area contributed by atoms with Crippen LogP contribution in [-0.2, 0) is 0 Å². The topological polar surface area (TPSA) is 95.7 Å². The van der Waals surface area contributed by atoms with Crippen LogP contribution in [0.1, 0.15) is 43.5 Å². The number of carbonyl (C=O) groups is 1. The maximum Gasteiger partial charge on any atom is 0.342 e. The van der Waals surface area contributed by atoms with E-state index in [4.69, 9.17) is 5.11 Å². The van der Waals surface area contributed by atoms with Crippen LogP contribution in [0, 0.1) is 10.1 Å². The zero-order valence-corrected chi connectivity index (χ0v) is 12.1. The smallest absolute Gasteiger partial charge is 0.342 e. The number of nitro benzene ring substituents is 1. The molecule has 1 saturated heterocycles. The van der Waals surface area contributed by atoms with Crippen LogP contribution < -0.4 is 5.43 Å². The average Bonchev–Trinajstić information content (AvgIpc) is 2.42. The molecule has 1 aliphatic heterocycles. The fourth-order valence-electron chi connectivity index (χ4n) is 2.73. The Hall–Kier alpha value is -2.15. The van der Waals surface area contributed by atoms with E-state index in [1.165, 1.54) is 18.6 Å². The number of rotatable bonds is 4. The number of carboxylic acid groups (broad SMARTS) is 1. The maximum absolute atomic E-state index is 11.2. The Morgan fingerprint density at radius 3 is 2.52 bits per heavy atom. The first kappa shape index (κ1) is 15.2. The fraction of sp³-hybridized carbons (Fsp3) is 0.500. The first-order valence-corrected chi connectivity index (χ1v) is 6.97. The Morgan fingerprint density at radius 1 is 1.38 bits per heavy atom. The summed E-state index contributed by atoms with van der Waals surface area (Å²) in [5.41, 5.74) is 3.04. The van der Waals surface area contributed by atoms with Gasteiger partial charge in [-0.2, -0.15) is 0 Å². The van der Waals surface area contributed by atoms with Crippen molar-refractivity contribution in [3.05, 3.63) is 33.9 Å². The number of anilines is 1. The van der Waals surface area contributed by atoms with Crippen molar-refractivity contribution in [3.8, 4) is 0 Å². The van der Waals surface area contributed by atoms with Crippen molar-refractivity contribution in [2.75, 3.05) is 5.43 Å². The van der Waals surface area contributed by atoms with Crippen LogP contribution >= 0.6 is 0 Å². The summed E-state index contributed by atoms with van der Waals surface area (Å²) in [6, 6.07) is 4.74. The molecule has 114 valence electrons. The molecule has 7 heteroatoms. The predicted octanol–water partition coefficient (Wildman–Crippen LogP) is 2.88. The van der Waals surface area contributed by atoms with Crippen molar-refractivity contribution in [1.82, 2.24) is 5.01 Å². The van der Waals surface area contributed by atoms with E-state index in [9.17, 15) is 14.9 Å². The molecule has 1 fully saturated rings. The summed E-state index contributed by atoms with van der Waals surface area (Å²) in [5.74, 6) is -1.30. The van der Waals surface area contributed by atoms with E-state index in [-0.39, 0.29) is 5.56 Å². The molecule has 0 aliphatic carbocycles. The van der Waals surface area contributed by atoms with E-state index in [1.807, 2.05) is 0 Å². The summed E-state index contributed by atoms with van der Waals surface area (Å²) in [5, 5.41) is 22.0. The molecule has 2 N–H and O–H groups in total. The number of aromatic carboxylic acids is 1. The van der Waals surface area contributed by atoms with Crippen LogP contribution in [0.15, 0.2) is 18.2 Å². The summed E-state index contributed by atoms with van der Waals surface area (Å²) in [6.45, 7) is 4.21. The van der Waals surface area contributed by atoms with Crippen molar-refractivity contribution >= 4 is 17.3 Å². The predicted molar refractivity (Wildman–Crippen MR) is 78.3 cm³/mol. The highest BCUT2D eigenvalue weighted by molar-refractivity contribution is 5.93. The normalized spacial score (nSPS) is 22.8. The lowest BCUT2D eigenvalue weighted by molar-refractivity contribution is -0.385. The molecule has 0 amide bonds. The van der Waals surface area contributed by atoms with Gasteiger partial charge in [0, 0.05) is 18.2 Å². The number of nitro groups is 1. The number of piperidine rings is 1. The van der Waals surface area contributed by atoms with E-state index in [1.54, 1.807) is 6.07 Å². The first-order chi connectivity index (χ1) is 9.90. The molecule has 0 spiro atoms. The summed E-state index contributed by atoms with van der Waals surface area (Å²) in [4.78, 5) is 21.3. The van der Waals surface area contributed by atoms with Gasteiger partial charge in [-0.3, -0.25) is 10.1 Å².